The van der Waals surface area contributed by atoms with Crippen LogP contribution in [0.2, 0.25) is 0 Å². The second-order valence-electron chi connectivity index (χ2n) is 3.92. The zero-order chi connectivity index (χ0) is 10.5. The van der Waals surface area contributed by atoms with E-state index in [1.165, 1.54) is 0 Å². The van der Waals surface area contributed by atoms with Gasteiger partial charge in [0, 0.05) is 37.6 Å². The molecule has 0 amide bonds. The zero-order valence-electron chi connectivity index (χ0n) is 8.69. The van der Waals surface area contributed by atoms with Gasteiger partial charge < -0.3 is 4.74 Å². The van der Waals surface area contributed by atoms with Crippen molar-refractivity contribution in [2.24, 2.45) is 5.92 Å². The van der Waals surface area contributed by atoms with Crippen LogP contribution < -0.4 is 0 Å². The number of rotatable bonds is 3. The molecule has 1 aliphatic rings. The number of hydrogen-bond donors (Lipinski definition) is 0. The van der Waals surface area contributed by atoms with Crippen LogP contribution in [0.15, 0.2) is 24.5 Å². The van der Waals surface area contributed by atoms with Gasteiger partial charge in [-0.15, -0.1) is 0 Å². The first kappa shape index (κ1) is 10.3. The number of aromatic nitrogens is 1. The SMILES string of the molecule is O=C(CC1CCOCC1)c1ccncc1. The van der Waals surface area contributed by atoms with E-state index < -0.39 is 0 Å². The molecule has 0 aliphatic carbocycles. The van der Waals surface area contributed by atoms with Gasteiger partial charge in [-0.3, -0.25) is 9.78 Å². The molecule has 0 saturated carbocycles. The number of pyridine rings is 1. The van der Waals surface area contributed by atoms with Crippen LogP contribution in [0, 0.1) is 5.92 Å². The normalized spacial score (nSPS) is 17.6. The number of carbonyl (C=O) groups is 1. The van der Waals surface area contributed by atoms with Crippen molar-refractivity contribution in [3.8, 4) is 0 Å². The molecule has 2 rings (SSSR count). The summed E-state index contributed by atoms with van der Waals surface area (Å²) in [5.74, 6) is 0.726. The van der Waals surface area contributed by atoms with E-state index in [9.17, 15) is 4.79 Å². The van der Waals surface area contributed by atoms with Crippen molar-refractivity contribution < 1.29 is 9.53 Å². The number of ether oxygens (including phenoxy) is 1. The molecule has 1 saturated heterocycles. The number of ketones is 1. The summed E-state index contributed by atoms with van der Waals surface area (Å²) in [5, 5.41) is 0. The Morgan fingerprint density at radius 3 is 2.67 bits per heavy atom. The molecule has 0 bridgehead atoms. The fourth-order valence-corrected chi connectivity index (χ4v) is 1.87. The lowest BCUT2D eigenvalue weighted by molar-refractivity contribution is 0.0601. The summed E-state index contributed by atoms with van der Waals surface area (Å²) in [6.45, 7) is 1.60. The molecule has 0 unspecified atom stereocenters. The van der Waals surface area contributed by atoms with Crippen molar-refractivity contribution >= 4 is 5.78 Å². The Morgan fingerprint density at radius 1 is 1.33 bits per heavy atom. The predicted molar refractivity (Wildman–Crippen MR) is 56.7 cm³/mol. The molecule has 3 nitrogen and oxygen atoms in total. The quantitative estimate of drug-likeness (QED) is 0.709. The van der Waals surface area contributed by atoms with Gasteiger partial charge in [-0.1, -0.05) is 0 Å². The summed E-state index contributed by atoms with van der Waals surface area (Å²) in [6, 6.07) is 3.56. The van der Waals surface area contributed by atoms with Gasteiger partial charge in [-0.25, -0.2) is 0 Å². The molecule has 1 aromatic rings. The first-order valence-electron chi connectivity index (χ1n) is 5.37. The second-order valence-corrected chi connectivity index (χ2v) is 3.92. The van der Waals surface area contributed by atoms with Crippen molar-refractivity contribution in [1.29, 1.82) is 0 Å². The van der Waals surface area contributed by atoms with Gasteiger partial charge in [0.1, 0.15) is 0 Å². The third-order valence-corrected chi connectivity index (χ3v) is 2.82. The third kappa shape index (κ3) is 2.86. The Bertz CT molecular complexity index is 318. The van der Waals surface area contributed by atoms with Crippen LogP contribution in [0.5, 0.6) is 0 Å². The summed E-state index contributed by atoms with van der Waals surface area (Å²) >= 11 is 0. The van der Waals surface area contributed by atoms with E-state index in [1.807, 2.05) is 0 Å². The van der Waals surface area contributed by atoms with Crippen molar-refractivity contribution in [3.05, 3.63) is 30.1 Å². The summed E-state index contributed by atoms with van der Waals surface area (Å²) in [6.07, 6.45) is 6.00. The van der Waals surface area contributed by atoms with Crippen LogP contribution in [0.3, 0.4) is 0 Å². The topological polar surface area (TPSA) is 39.2 Å². The molecule has 0 N–H and O–H groups in total. The first-order valence-corrected chi connectivity index (χ1v) is 5.37. The number of hydrogen-bond acceptors (Lipinski definition) is 3. The van der Waals surface area contributed by atoms with Gasteiger partial charge in [0.2, 0.25) is 0 Å². The van der Waals surface area contributed by atoms with Crippen molar-refractivity contribution in [1.82, 2.24) is 4.98 Å². The summed E-state index contributed by atoms with van der Waals surface area (Å²) in [4.78, 5) is 15.7. The lowest BCUT2D eigenvalue weighted by atomic mass is 9.92. The molecular formula is C12H15NO2. The highest BCUT2D eigenvalue weighted by molar-refractivity contribution is 5.96. The summed E-state index contributed by atoms with van der Waals surface area (Å²) in [5.41, 5.74) is 0.775. The minimum Gasteiger partial charge on any atom is -0.381 e. The molecule has 0 aromatic carbocycles. The highest BCUT2D eigenvalue weighted by Crippen LogP contribution is 2.20. The molecule has 0 atom stereocenters. The van der Waals surface area contributed by atoms with Crippen LogP contribution in [0.1, 0.15) is 29.6 Å². The Kier molecular flexibility index (Phi) is 3.45. The van der Waals surface area contributed by atoms with E-state index in [0.29, 0.717) is 12.3 Å². The Morgan fingerprint density at radius 2 is 2.00 bits per heavy atom. The van der Waals surface area contributed by atoms with Gasteiger partial charge in [-0.2, -0.15) is 0 Å². The zero-order valence-corrected chi connectivity index (χ0v) is 8.69. The van der Waals surface area contributed by atoms with Gasteiger partial charge >= 0.3 is 0 Å². The second kappa shape index (κ2) is 5.03. The molecule has 0 spiro atoms. The van der Waals surface area contributed by atoms with E-state index in [0.717, 1.165) is 31.6 Å². The minimum absolute atomic E-state index is 0.226. The molecule has 1 aromatic heterocycles. The van der Waals surface area contributed by atoms with Gasteiger partial charge in [0.15, 0.2) is 5.78 Å². The van der Waals surface area contributed by atoms with Crippen LogP contribution in [-0.2, 0) is 4.74 Å². The van der Waals surface area contributed by atoms with Gasteiger partial charge in [-0.05, 0) is 30.9 Å². The average Bonchev–Trinajstić information content (AvgIpc) is 2.31. The van der Waals surface area contributed by atoms with Crippen LogP contribution in [0.4, 0.5) is 0 Å². The van der Waals surface area contributed by atoms with E-state index in [2.05, 4.69) is 4.98 Å². The van der Waals surface area contributed by atoms with Gasteiger partial charge in [0.25, 0.3) is 0 Å². The molecular weight excluding hydrogens is 190 g/mol. The van der Waals surface area contributed by atoms with E-state index in [-0.39, 0.29) is 5.78 Å². The molecule has 3 heteroatoms. The van der Waals surface area contributed by atoms with Crippen LogP contribution in [-0.4, -0.2) is 24.0 Å². The van der Waals surface area contributed by atoms with Crippen molar-refractivity contribution in [2.45, 2.75) is 19.3 Å². The molecule has 15 heavy (non-hydrogen) atoms. The molecule has 80 valence electrons. The summed E-state index contributed by atoms with van der Waals surface area (Å²) in [7, 11) is 0. The predicted octanol–water partition coefficient (Wildman–Crippen LogP) is 2.08. The Balaban J connectivity index is 1.91. The van der Waals surface area contributed by atoms with Crippen LogP contribution >= 0.6 is 0 Å². The fraction of sp³-hybridized carbons (Fsp3) is 0.500. The highest BCUT2D eigenvalue weighted by Gasteiger charge is 2.17. The van der Waals surface area contributed by atoms with Crippen LogP contribution in [0.25, 0.3) is 0 Å². The Labute approximate surface area is 89.5 Å². The maximum atomic E-state index is 11.8. The summed E-state index contributed by atoms with van der Waals surface area (Å²) < 4.78 is 5.27. The lowest BCUT2D eigenvalue weighted by Crippen LogP contribution is -2.18. The highest BCUT2D eigenvalue weighted by atomic mass is 16.5. The van der Waals surface area contributed by atoms with E-state index >= 15 is 0 Å². The van der Waals surface area contributed by atoms with Crippen molar-refractivity contribution in [3.63, 3.8) is 0 Å². The lowest BCUT2D eigenvalue weighted by Gasteiger charge is -2.21. The minimum atomic E-state index is 0.226. The molecule has 1 fully saturated rings. The average molecular weight is 205 g/mol. The largest absolute Gasteiger partial charge is 0.381 e. The maximum Gasteiger partial charge on any atom is 0.163 e. The molecule has 0 radical (unpaired) electrons. The van der Waals surface area contributed by atoms with E-state index in [1.54, 1.807) is 24.5 Å². The first-order chi connectivity index (χ1) is 7.36. The van der Waals surface area contributed by atoms with Crippen molar-refractivity contribution in [2.75, 3.05) is 13.2 Å². The third-order valence-electron chi connectivity index (χ3n) is 2.82. The molecule has 1 aliphatic heterocycles. The number of carbonyl (C=O) groups excluding carboxylic acids is 1. The Hall–Kier alpha value is -1.22. The smallest absolute Gasteiger partial charge is 0.163 e. The number of nitrogens with zero attached hydrogens (tertiary/aromatic N) is 1. The monoisotopic (exact) mass is 205 g/mol. The van der Waals surface area contributed by atoms with Gasteiger partial charge in [0.05, 0.1) is 0 Å². The molecule has 2 heterocycles. The number of Topliss-reactive ketones (excluding diaryl/α,β-unsaturated/α-hetero) is 1. The standard InChI is InChI=1S/C12H15NO2/c14-12(11-1-5-13-6-2-11)9-10-3-7-15-8-4-10/h1-2,5-6,10H,3-4,7-9H2. The fourth-order valence-electron chi connectivity index (χ4n) is 1.87. The maximum absolute atomic E-state index is 11.8. The van der Waals surface area contributed by atoms with E-state index in [4.69, 9.17) is 4.74 Å².